The first-order valence-electron chi connectivity index (χ1n) is 6.59. The minimum absolute atomic E-state index is 0.0719. The Bertz CT molecular complexity index is 790. The van der Waals surface area contributed by atoms with E-state index >= 15 is 0 Å². The van der Waals surface area contributed by atoms with Gasteiger partial charge in [-0.1, -0.05) is 30.3 Å². The topological polar surface area (TPSA) is 87.6 Å². The number of sulfonamides is 1. The smallest absolute Gasteiger partial charge is 0.255 e. The Kier molecular flexibility index (Phi) is 5.56. The molecule has 1 amide bonds. The SMILES string of the molecule is O=C(CNS(=O)(=O)c1ccccc1)NN=Cc1ccc(F)cc1. The zero-order valence-corrected chi connectivity index (χ0v) is 12.8. The van der Waals surface area contributed by atoms with Gasteiger partial charge >= 0.3 is 0 Å². The van der Waals surface area contributed by atoms with Crippen molar-refractivity contribution in [3.63, 3.8) is 0 Å². The summed E-state index contributed by atoms with van der Waals surface area (Å²) in [5.41, 5.74) is 2.77. The van der Waals surface area contributed by atoms with Gasteiger partial charge < -0.3 is 0 Å². The van der Waals surface area contributed by atoms with Crippen molar-refractivity contribution in [3.8, 4) is 0 Å². The van der Waals surface area contributed by atoms with Crippen molar-refractivity contribution in [2.75, 3.05) is 6.54 Å². The standard InChI is InChI=1S/C15H14FN3O3S/c16-13-8-6-12(7-9-13)10-17-19-15(20)11-18-23(21,22)14-4-2-1-3-5-14/h1-10,18H,11H2,(H,19,20). The molecule has 0 unspecified atom stereocenters. The Morgan fingerprint density at radius 1 is 1.09 bits per heavy atom. The minimum Gasteiger partial charge on any atom is -0.272 e. The van der Waals surface area contributed by atoms with Crippen LogP contribution >= 0.6 is 0 Å². The lowest BCUT2D eigenvalue weighted by Crippen LogP contribution is -2.34. The van der Waals surface area contributed by atoms with Crippen molar-refractivity contribution in [1.82, 2.24) is 10.1 Å². The quantitative estimate of drug-likeness (QED) is 0.615. The van der Waals surface area contributed by atoms with E-state index in [2.05, 4.69) is 15.2 Å². The van der Waals surface area contributed by atoms with Crippen LogP contribution in [0.2, 0.25) is 0 Å². The van der Waals surface area contributed by atoms with Crippen molar-refractivity contribution >= 4 is 22.1 Å². The summed E-state index contributed by atoms with van der Waals surface area (Å²) >= 11 is 0. The van der Waals surface area contributed by atoms with E-state index in [9.17, 15) is 17.6 Å². The van der Waals surface area contributed by atoms with E-state index in [1.807, 2.05) is 0 Å². The average molecular weight is 335 g/mol. The molecular formula is C15H14FN3O3S. The highest BCUT2D eigenvalue weighted by atomic mass is 32.2. The highest BCUT2D eigenvalue weighted by Crippen LogP contribution is 2.06. The van der Waals surface area contributed by atoms with Gasteiger partial charge in [-0.15, -0.1) is 0 Å². The molecule has 0 aliphatic carbocycles. The summed E-state index contributed by atoms with van der Waals surface area (Å²) < 4.78 is 38.7. The van der Waals surface area contributed by atoms with Crippen LogP contribution in [-0.4, -0.2) is 27.1 Å². The third kappa shape index (κ3) is 5.28. The third-order valence-corrected chi connectivity index (χ3v) is 4.17. The number of amides is 1. The second-order valence-corrected chi connectivity index (χ2v) is 6.25. The number of hydrogen-bond acceptors (Lipinski definition) is 4. The highest BCUT2D eigenvalue weighted by Gasteiger charge is 2.14. The van der Waals surface area contributed by atoms with Gasteiger partial charge in [-0.25, -0.2) is 23.0 Å². The van der Waals surface area contributed by atoms with Gasteiger partial charge in [0.1, 0.15) is 5.82 Å². The fraction of sp³-hybridized carbons (Fsp3) is 0.0667. The number of hydrazone groups is 1. The van der Waals surface area contributed by atoms with E-state index in [0.29, 0.717) is 5.56 Å². The molecule has 0 radical (unpaired) electrons. The van der Waals surface area contributed by atoms with E-state index < -0.39 is 22.5 Å². The lowest BCUT2D eigenvalue weighted by atomic mass is 10.2. The highest BCUT2D eigenvalue weighted by molar-refractivity contribution is 7.89. The Morgan fingerprint density at radius 3 is 2.39 bits per heavy atom. The van der Waals surface area contributed by atoms with Gasteiger partial charge in [0.05, 0.1) is 17.7 Å². The first-order chi connectivity index (χ1) is 11.0. The number of nitrogens with zero attached hydrogens (tertiary/aromatic N) is 1. The van der Waals surface area contributed by atoms with Crippen LogP contribution in [0.5, 0.6) is 0 Å². The summed E-state index contributed by atoms with van der Waals surface area (Å²) in [7, 11) is -3.74. The average Bonchev–Trinajstić information content (AvgIpc) is 2.56. The molecule has 120 valence electrons. The molecule has 0 aliphatic heterocycles. The lowest BCUT2D eigenvalue weighted by Gasteiger charge is -2.05. The molecule has 0 saturated heterocycles. The lowest BCUT2D eigenvalue weighted by molar-refractivity contribution is -0.119. The van der Waals surface area contributed by atoms with Crippen molar-refractivity contribution < 1.29 is 17.6 Å². The minimum atomic E-state index is -3.74. The Labute approximate surface area is 133 Å². The fourth-order valence-corrected chi connectivity index (χ4v) is 2.61. The first kappa shape index (κ1) is 16.8. The van der Waals surface area contributed by atoms with Gasteiger partial charge in [0.2, 0.25) is 10.0 Å². The van der Waals surface area contributed by atoms with Crippen LogP contribution in [-0.2, 0) is 14.8 Å². The van der Waals surface area contributed by atoms with Crippen molar-refractivity contribution in [2.45, 2.75) is 4.90 Å². The van der Waals surface area contributed by atoms with Crippen molar-refractivity contribution in [2.24, 2.45) is 5.10 Å². The van der Waals surface area contributed by atoms with Crippen molar-refractivity contribution in [1.29, 1.82) is 0 Å². The molecule has 2 rings (SSSR count). The normalized spacial score (nSPS) is 11.5. The maximum absolute atomic E-state index is 12.7. The zero-order valence-electron chi connectivity index (χ0n) is 11.9. The number of carbonyl (C=O) groups is 1. The maximum atomic E-state index is 12.7. The molecular weight excluding hydrogens is 321 g/mol. The van der Waals surface area contributed by atoms with E-state index in [1.54, 1.807) is 18.2 Å². The van der Waals surface area contributed by atoms with E-state index in [1.165, 1.54) is 42.6 Å². The van der Waals surface area contributed by atoms with Crippen LogP contribution < -0.4 is 10.1 Å². The number of nitrogens with one attached hydrogen (secondary N) is 2. The van der Waals surface area contributed by atoms with Gasteiger partial charge in [0, 0.05) is 0 Å². The number of hydrogen-bond donors (Lipinski definition) is 2. The molecule has 0 aliphatic rings. The van der Waals surface area contributed by atoms with E-state index in [4.69, 9.17) is 0 Å². The molecule has 0 aromatic heterocycles. The Hall–Kier alpha value is -2.58. The predicted octanol–water partition coefficient (Wildman–Crippen LogP) is 1.25. The second-order valence-electron chi connectivity index (χ2n) is 4.48. The van der Waals surface area contributed by atoms with E-state index in [-0.39, 0.29) is 10.7 Å². The van der Waals surface area contributed by atoms with Gasteiger partial charge in [0.25, 0.3) is 5.91 Å². The second kappa shape index (κ2) is 7.61. The molecule has 0 heterocycles. The molecule has 0 spiro atoms. The number of halogens is 1. The van der Waals surface area contributed by atoms with Crippen LogP contribution in [0.15, 0.2) is 64.6 Å². The summed E-state index contributed by atoms with van der Waals surface area (Å²) in [4.78, 5) is 11.6. The molecule has 0 saturated carbocycles. The fourth-order valence-electron chi connectivity index (χ4n) is 1.61. The summed E-state index contributed by atoms with van der Waals surface area (Å²) in [6.07, 6.45) is 1.32. The van der Waals surface area contributed by atoms with E-state index in [0.717, 1.165) is 0 Å². The van der Waals surface area contributed by atoms with Crippen LogP contribution in [0.1, 0.15) is 5.56 Å². The van der Waals surface area contributed by atoms with Gasteiger partial charge in [-0.3, -0.25) is 4.79 Å². The molecule has 23 heavy (non-hydrogen) atoms. The molecule has 0 fully saturated rings. The zero-order chi connectivity index (χ0) is 16.7. The largest absolute Gasteiger partial charge is 0.272 e. The van der Waals surface area contributed by atoms with Gasteiger partial charge in [0.15, 0.2) is 0 Å². The number of carbonyl (C=O) groups excluding carboxylic acids is 1. The van der Waals surface area contributed by atoms with Crippen molar-refractivity contribution in [3.05, 3.63) is 66.0 Å². The number of benzene rings is 2. The Balaban J connectivity index is 1.84. The maximum Gasteiger partial charge on any atom is 0.255 e. The Morgan fingerprint density at radius 2 is 1.74 bits per heavy atom. The molecule has 8 heteroatoms. The van der Waals surface area contributed by atoms with Gasteiger partial charge in [-0.2, -0.15) is 5.10 Å². The third-order valence-electron chi connectivity index (χ3n) is 2.75. The first-order valence-corrected chi connectivity index (χ1v) is 8.08. The number of rotatable bonds is 6. The van der Waals surface area contributed by atoms with Crippen LogP contribution in [0.4, 0.5) is 4.39 Å². The monoisotopic (exact) mass is 335 g/mol. The molecule has 2 aromatic rings. The molecule has 2 N–H and O–H groups in total. The molecule has 6 nitrogen and oxygen atoms in total. The van der Waals surface area contributed by atoms with Crippen LogP contribution in [0, 0.1) is 5.82 Å². The molecule has 0 atom stereocenters. The van der Waals surface area contributed by atoms with Gasteiger partial charge in [-0.05, 0) is 29.8 Å². The summed E-state index contributed by atoms with van der Waals surface area (Å²) in [5.74, 6) is -0.996. The van der Waals surface area contributed by atoms with Crippen LogP contribution in [0.3, 0.4) is 0 Å². The molecule has 0 bridgehead atoms. The summed E-state index contributed by atoms with van der Waals surface area (Å²) in [5, 5.41) is 3.66. The summed E-state index contributed by atoms with van der Waals surface area (Å²) in [6.45, 7) is -0.446. The summed E-state index contributed by atoms with van der Waals surface area (Å²) in [6, 6.07) is 13.2. The predicted molar refractivity (Wildman–Crippen MR) is 83.8 cm³/mol. The van der Waals surface area contributed by atoms with Crippen LogP contribution in [0.25, 0.3) is 0 Å². The molecule has 2 aromatic carbocycles.